The Morgan fingerprint density at radius 1 is 1.37 bits per heavy atom. The number of fused-ring (bicyclic) bond motifs is 1. The zero-order valence-electron chi connectivity index (χ0n) is 12.5. The molecular formula is C15H28N2O2. The molecule has 1 saturated heterocycles. The van der Waals surface area contributed by atoms with Crippen molar-refractivity contribution in [1.29, 1.82) is 0 Å². The fourth-order valence-corrected chi connectivity index (χ4v) is 3.75. The summed E-state index contributed by atoms with van der Waals surface area (Å²) in [5.74, 6) is 0.207. The van der Waals surface area contributed by atoms with Crippen LogP contribution in [-0.4, -0.2) is 30.7 Å². The first-order chi connectivity index (χ1) is 8.96. The van der Waals surface area contributed by atoms with Crippen LogP contribution in [0, 0.1) is 11.3 Å². The van der Waals surface area contributed by atoms with Crippen LogP contribution in [0.3, 0.4) is 0 Å². The minimum absolute atomic E-state index is 0.0146. The summed E-state index contributed by atoms with van der Waals surface area (Å²) < 4.78 is 5.71. The molecule has 1 heterocycles. The standard InChI is InChI=1S/C15H28N2O2/c1-4-5-6-7-9-17-13(18)15(16)11-8-10-19-12(11)14(15,2)3/h11-12H,4-10,16H2,1-3H3,(H,17,18). The van der Waals surface area contributed by atoms with Gasteiger partial charge in [-0.2, -0.15) is 0 Å². The van der Waals surface area contributed by atoms with Crippen LogP contribution in [-0.2, 0) is 9.53 Å². The number of carbonyl (C=O) groups is 1. The lowest BCUT2D eigenvalue weighted by Crippen LogP contribution is -2.80. The van der Waals surface area contributed by atoms with Gasteiger partial charge >= 0.3 is 0 Å². The van der Waals surface area contributed by atoms with Gasteiger partial charge in [-0.3, -0.25) is 4.79 Å². The highest BCUT2D eigenvalue weighted by atomic mass is 16.5. The van der Waals surface area contributed by atoms with Crippen molar-refractivity contribution in [2.45, 2.75) is 64.5 Å². The molecule has 1 aliphatic carbocycles. The summed E-state index contributed by atoms with van der Waals surface area (Å²) in [6.07, 6.45) is 5.72. The van der Waals surface area contributed by atoms with E-state index in [-0.39, 0.29) is 23.3 Å². The van der Waals surface area contributed by atoms with E-state index in [2.05, 4.69) is 26.1 Å². The summed E-state index contributed by atoms with van der Waals surface area (Å²) in [7, 11) is 0. The van der Waals surface area contributed by atoms with Crippen molar-refractivity contribution in [3.05, 3.63) is 0 Å². The van der Waals surface area contributed by atoms with Crippen LogP contribution in [0.1, 0.15) is 52.9 Å². The van der Waals surface area contributed by atoms with E-state index in [1.807, 2.05) is 0 Å². The lowest BCUT2D eigenvalue weighted by atomic mass is 9.48. The predicted molar refractivity (Wildman–Crippen MR) is 75.7 cm³/mol. The van der Waals surface area contributed by atoms with Gasteiger partial charge in [0, 0.05) is 24.5 Å². The maximum atomic E-state index is 12.4. The van der Waals surface area contributed by atoms with E-state index in [0.717, 1.165) is 26.0 Å². The second kappa shape index (κ2) is 5.41. The monoisotopic (exact) mass is 268 g/mol. The van der Waals surface area contributed by atoms with Crippen molar-refractivity contribution in [1.82, 2.24) is 5.32 Å². The third-order valence-electron chi connectivity index (χ3n) is 5.15. The van der Waals surface area contributed by atoms with Crippen molar-refractivity contribution >= 4 is 5.91 Å². The molecule has 1 saturated carbocycles. The second-order valence-corrected chi connectivity index (χ2v) is 6.59. The molecule has 0 bridgehead atoms. The van der Waals surface area contributed by atoms with Gasteiger partial charge in [0.25, 0.3) is 0 Å². The van der Waals surface area contributed by atoms with Crippen molar-refractivity contribution in [2.24, 2.45) is 17.1 Å². The molecular weight excluding hydrogens is 240 g/mol. The van der Waals surface area contributed by atoms with Gasteiger partial charge in [-0.25, -0.2) is 0 Å². The van der Waals surface area contributed by atoms with E-state index in [1.165, 1.54) is 19.3 Å². The Kier molecular flexibility index (Phi) is 4.21. The Bertz CT molecular complexity index is 343. The van der Waals surface area contributed by atoms with Crippen LogP contribution >= 0.6 is 0 Å². The fourth-order valence-electron chi connectivity index (χ4n) is 3.75. The molecule has 0 aromatic heterocycles. The van der Waals surface area contributed by atoms with Crippen LogP contribution < -0.4 is 11.1 Å². The lowest BCUT2D eigenvalue weighted by molar-refractivity contribution is -0.175. The maximum Gasteiger partial charge on any atom is 0.241 e. The van der Waals surface area contributed by atoms with E-state index in [9.17, 15) is 4.79 Å². The summed E-state index contributed by atoms with van der Waals surface area (Å²) in [5, 5.41) is 3.03. The smallest absolute Gasteiger partial charge is 0.241 e. The Morgan fingerprint density at radius 2 is 2.11 bits per heavy atom. The van der Waals surface area contributed by atoms with Crippen molar-refractivity contribution in [3.8, 4) is 0 Å². The summed E-state index contributed by atoms with van der Waals surface area (Å²) in [5.41, 5.74) is 5.44. The maximum absolute atomic E-state index is 12.4. The van der Waals surface area contributed by atoms with Crippen molar-refractivity contribution in [2.75, 3.05) is 13.2 Å². The number of amides is 1. The van der Waals surface area contributed by atoms with E-state index >= 15 is 0 Å². The first-order valence-corrected chi connectivity index (χ1v) is 7.65. The summed E-state index contributed by atoms with van der Waals surface area (Å²) in [6.45, 7) is 7.77. The fraction of sp³-hybridized carbons (Fsp3) is 0.933. The number of ether oxygens (including phenoxy) is 1. The molecule has 0 radical (unpaired) electrons. The number of rotatable bonds is 6. The average molecular weight is 268 g/mol. The largest absolute Gasteiger partial charge is 0.377 e. The predicted octanol–water partition coefficient (Wildman–Crippen LogP) is 1.83. The molecule has 0 spiro atoms. The molecule has 3 unspecified atom stereocenters. The Balaban J connectivity index is 1.87. The number of nitrogens with one attached hydrogen (secondary N) is 1. The number of carbonyl (C=O) groups excluding carboxylic acids is 1. The summed E-state index contributed by atoms with van der Waals surface area (Å²) in [6, 6.07) is 0. The SMILES string of the molecule is CCCCCCNC(=O)C1(N)C2CCOC2C1(C)C. The average Bonchev–Trinajstić information content (AvgIpc) is 2.85. The van der Waals surface area contributed by atoms with Crippen molar-refractivity contribution in [3.63, 3.8) is 0 Å². The van der Waals surface area contributed by atoms with Crippen LogP contribution in [0.5, 0.6) is 0 Å². The summed E-state index contributed by atoms with van der Waals surface area (Å²) in [4.78, 5) is 12.4. The van der Waals surface area contributed by atoms with Crippen LogP contribution in [0.25, 0.3) is 0 Å². The first-order valence-electron chi connectivity index (χ1n) is 7.65. The molecule has 3 atom stereocenters. The third kappa shape index (κ3) is 2.19. The number of hydrogen-bond acceptors (Lipinski definition) is 3. The lowest BCUT2D eigenvalue weighted by Gasteiger charge is -2.60. The molecule has 2 aliphatic rings. The Labute approximate surface area is 116 Å². The molecule has 3 N–H and O–H groups in total. The highest BCUT2D eigenvalue weighted by Crippen LogP contribution is 2.58. The Morgan fingerprint density at radius 3 is 2.79 bits per heavy atom. The van der Waals surface area contributed by atoms with E-state index in [1.54, 1.807) is 0 Å². The minimum atomic E-state index is -0.751. The molecule has 110 valence electrons. The molecule has 2 rings (SSSR count). The normalized spacial score (nSPS) is 35.6. The van der Waals surface area contributed by atoms with Gasteiger partial charge in [-0.05, 0) is 12.8 Å². The Hall–Kier alpha value is -0.610. The molecule has 2 fully saturated rings. The van der Waals surface area contributed by atoms with E-state index in [4.69, 9.17) is 10.5 Å². The zero-order chi connectivity index (χ0) is 14.1. The molecule has 1 amide bonds. The van der Waals surface area contributed by atoms with Crippen LogP contribution in [0.2, 0.25) is 0 Å². The van der Waals surface area contributed by atoms with Gasteiger partial charge < -0.3 is 15.8 Å². The topological polar surface area (TPSA) is 64.4 Å². The van der Waals surface area contributed by atoms with Crippen LogP contribution in [0.15, 0.2) is 0 Å². The highest BCUT2D eigenvalue weighted by Gasteiger charge is 2.71. The molecule has 0 aromatic carbocycles. The number of unbranched alkanes of at least 4 members (excludes halogenated alkanes) is 3. The molecule has 4 nitrogen and oxygen atoms in total. The van der Waals surface area contributed by atoms with Crippen LogP contribution in [0.4, 0.5) is 0 Å². The highest BCUT2D eigenvalue weighted by molar-refractivity contribution is 5.89. The van der Waals surface area contributed by atoms with Gasteiger partial charge in [0.2, 0.25) is 5.91 Å². The zero-order valence-corrected chi connectivity index (χ0v) is 12.5. The van der Waals surface area contributed by atoms with Gasteiger partial charge in [-0.1, -0.05) is 40.0 Å². The third-order valence-corrected chi connectivity index (χ3v) is 5.15. The van der Waals surface area contributed by atoms with Gasteiger partial charge in [0.15, 0.2) is 0 Å². The molecule has 4 heteroatoms. The van der Waals surface area contributed by atoms with Crippen molar-refractivity contribution < 1.29 is 9.53 Å². The van der Waals surface area contributed by atoms with Gasteiger partial charge in [-0.15, -0.1) is 0 Å². The summed E-state index contributed by atoms with van der Waals surface area (Å²) >= 11 is 0. The molecule has 19 heavy (non-hydrogen) atoms. The number of hydrogen-bond donors (Lipinski definition) is 2. The second-order valence-electron chi connectivity index (χ2n) is 6.59. The molecule has 0 aromatic rings. The van der Waals surface area contributed by atoms with Gasteiger partial charge in [0.05, 0.1) is 6.10 Å². The number of nitrogens with two attached hydrogens (primary N) is 1. The van der Waals surface area contributed by atoms with E-state index < -0.39 is 5.54 Å². The van der Waals surface area contributed by atoms with Gasteiger partial charge in [0.1, 0.15) is 5.54 Å². The molecule has 1 aliphatic heterocycles. The quantitative estimate of drug-likeness (QED) is 0.722. The first kappa shape index (κ1) is 14.8. The minimum Gasteiger partial charge on any atom is -0.377 e. The van der Waals surface area contributed by atoms with E-state index in [0.29, 0.717) is 0 Å².